The van der Waals surface area contributed by atoms with Crippen LogP contribution in [0.15, 0.2) is 36.0 Å². The van der Waals surface area contributed by atoms with Crippen molar-refractivity contribution in [3.63, 3.8) is 0 Å². The second kappa shape index (κ2) is 12.6. The fraction of sp³-hybridized carbons (Fsp3) is 0.656. The number of hydrogen-bond donors (Lipinski definition) is 4. The van der Waals surface area contributed by atoms with Crippen LogP contribution in [0, 0.1) is 20.3 Å². The standard InChI is InChI=1S/C32H43IN4O8/c1-7-29(4)17-22(39)32(43)30(5)21(38)12-14-28(2,3)26(30)25(42)27(31(32,6)45-29)44-24(41)11-10-23(40)35-15-13-18-8-9-20(36-37-34)19(33)16-18/h7-9,16,21,25-27,38,42-43H,1,10-15,17H2,2-6H3,(H,35,40). The number of esters is 1. The molecule has 0 bridgehead atoms. The number of nitrogens with zero attached hydrogens (tertiary/aromatic N) is 3. The molecule has 45 heavy (non-hydrogen) atoms. The molecule has 1 amide bonds. The number of azide groups is 1. The Labute approximate surface area is 276 Å². The second-order valence-corrected chi connectivity index (χ2v) is 15.0. The van der Waals surface area contributed by atoms with Crippen molar-refractivity contribution in [2.75, 3.05) is 6.54 Å². The van der Waals surface area contributed by atoms with Gasteiger partial charge >= 0.3 is 5.97 Å². The molecule has 1 aromatic carbocycles. The SMILES string of the molecule is C=CC1(C)CC(=O)C2(O)C(C)(O1)C(OC(=O)CCC(=O)NCCc1ccc(N=[N+]=[N-])c(I)c1)C(O)C1C(C)(C)CCC(O)C12C. The molecule has 3 fully saturated rings. The third-order valence-electron chi connectivity index (χ3n) is 10.4. The summed E-state index contributed by atoms with van der Waals surface area (Å²) in [6, 6.07) is 5.37. The van der Waals surface area contributed by atoms with E-state index in [0.717, 1.165) is 9.13 Å². The Morgan fingerprint density at radius 1 is 1.24 bits per heavy atom. The maximum absolute atomic E-state index is 14.0. The highest BCUT2D eigenvalue weighted by atomic mass is 127. The number of rotatable bonds is 9. The van der Waals surface area contributed by atoms with E-state index in [4.69, 9.17) is 15.0 Å². The Morgan fingerprint density at radius 2 is 1.93 bits per heavy atom. The minimum atomic E-state index is -2.32. The third kappa shape index (κ3) is 5.91. The van der Waals surface area contributed by atoms with Gasteiger partial charge in [-0.25, -0.2) is 0 Å². The van der Waals surface area contributed by atoms with E-state index in [-0.39, 0.29) is 25.2 Å². The van der Waals surface area contributed by atoms with Crippen LogP contribution in [0.5, 0.6) is 0 Å². The number of amides is 1. The summed E-state index contributed by atoms with van der Waals surface area (Å²) in [7, 11) is 0. The molecule has 1 heterocycles. The largest absolute Gasteiger partial charge is 0.456 e. The summed E-state index contributed by atoms with van der Waals surface area (Å²) in [6.07, 6.45) is -1.98. The Balaban J connectivity index is 1.51. The van der Waals surface area contributed by atoms with Crippen molar-refractivity contribution in [2.45, 2.75) is 108 Å². The molecule has 246 valence electrons. The number of hydrogen-bond acceptors (Lipinski definition) is 9. The van der Waals surface area contributed by atoms with E-state index in [0.29, 0.717) is 31.5 Å². The van der Waals surface area contributed by atoms with Crippen molar-refractivity contribution >= 4 is 45.9 Å². The molecule has 0 spiro atoms. The molecule has 2 aliphatic carbocycles. The molecular weight excluding hydrogens is 695 g/mol. The molecule has 0 aromatic heterocycles. The number of nitrogens with one attached hydrogen (secondary N) is 1. The Hall–Kier alpha value is -2.55. The lowest BCUT2D eigenvalue weighted by Gasteiger charge is -2.71. The molecule has 8 unspecified atom stereocenters. The summed E-state index contributed by atoms with van der Waals surface area (Å²) in [6.45, 7) is 12.6. The van der Waals surface area contributed by atoms with Crippen LogP contribution in [0.3, 0.4) is 0 Å². The molecule has 12 nitrogen and oxygen atoms in total. The van der Waals surface area contributed by atoms with Gasteiger partial charge in [0.2, 0.25) is 5.91 Å². The van der Waals surface area contributed by atoms with E-state index < -0.39 is 63.6 Å². The lowest BCUT2D eigenvalue weighted by Crippen LogP contribution is -2.86. The van der Waals surface area contributed by atoms with Crippen LogP contribution in [0.2, 0.25) is 0 Å². The zero-order valence-electron chi connectivity index (χ0n) is 26.4. The Kier molecular flexibility index (Phi) is 9.86. The first-order chi connectivity index (χ1) is 20.9. The van der Waals surface area contributed by atoms with E-state index >= 15 is 0 Å². The molecule has 1 saturated heterocycles. The number of ether oxygens (including phenoxy) is 2. The predicted octanol–water partition coefficient (Wildman–Crippen LogP) is 4.19. The summed E-state index contributed by atoms with van der Waals surface area (Å²) in [4.78, 5) is 42.6. The van der Waals surface area contributed by atoms with Gasteiger partial charge in [-0.15, -0.1) is 6.58 Å². The molecule has 4 N–H and O–H groups in total. The minimum absolute atomic E-state index is 0.189. The molecule has 1 aliphatic heterocycles. The van der Waals surface area contributed by atoms with Crippen LogP contribution in [0.25, 0.3) is 10.4 Å². The number of carbonyl (C=O) groups is 3. The monoisotopic (exact) mass is 738 g/mol. The van der Waals surface area contributed by atoms with Gasteiger partial charge in [-0.3, -0.25) is 14.4 Å². The minimum Gasteiger partial charge on any atom is -0.456 e. The molecule has 8 atom stereocenters. The summed E-state index contributed by atoms with van der Waals surface area (Å²) in [5, 5.41) is 42.2. The van der Waals surface area contributed by atoms with Gasteiger partial charge in [0.05, 0.1) is 29.9 Å². The van der Waals surface area contributed by atoms with E-state index in [2.05, 4.69) is 44.5 Å². The van der Waals surface area contributed by atoms with Crippen molar-refractivity contribution < 1.29 is 39.2 Å². The van der Waals surface area contributed by atoms with Gasteiger partial charge < -0.3 is 30.1 Å². The van der Waals surface area contributed by atoms with Crippen molar-refractivity contribution in [3.05, 3.63) is 50.4 Å². The smallest absolute Gasteiger partial charge is 0.306 e. The second-order valence-electron chi connectivity index (χ2n) is 13.8. The van der Waals surface area contributed by atoms with Gasteiger partial charge in [-0.1, -0.05) is 44.1 Å². The molecule has 13 heteroatoms. The topological polar surface area (TPSA) is 191 Å². The highest BCUT2D eigenvalue weighted by Crippen LogP contribution is 2.67. The van der Waals surface area contributed by atoms with Crippen LogP contribution in [0.1, 0.15) is 72.3 Å². The van der Waals surface area contributed by atoms with Crippen LogP contribution in [0.4, 0.5) is 5.69 Å². The highest BCUT2D eigenvalue weighted by molar-refractivity contribution is 14.1. The molecule has 2 saturated carbocycles. The zero-order valence-corrected chi connectivity index (χ0v) is 28.5. The van der Waals surface area contributed by atoms with Gasteiger partial charge in [0.15, 0.2) is 17.5 Å². The number of aliphatic hydroxyl groups is 3. The quantitative estimate of drug-likeness (QED) is 0.0724. The number of ketones is 1. The zero-order chi connectivity index (χ0) is 33.6. The van der Waals surface area contributed by atoms with E-state index in [9.17, 15) is 29.7 Å². The van der Waals surface area contributed by atoms with Gasteiger partial charge in [0.25, 0.3) is 0 Å². The number of benzene rings is 1. The number of fused-ring (bicyclic) bond motifs is 3. The van der Waals surface area contributed by atoms with Crippen molar-refractivity contribution in [2.24, 2.45) is 21.9 Å². The van der Waals surface area contributed by atoms with E-state index in [1.165, 1.54) is 13.0 Å². The summed E-state index contributed by atoms with van der Waals surface area (Å²) >= 11 is 2.07. The first kappa shape index (κ1) is 35.3. The first-order valence-corrected chi connectivity index (χ1v) is 16.2. The van der Waals surface area contributed by atoms with Gasteiger partial charge in [-0.05, 0) is 78.3 Å². The van der Waals surface area contributed by atoms with Crippen molar-refractivity contribution in [1.29, 1.82) is 0 Å². The van der Waals surface area contributed by atoms with Crippen LogP contribution >= 0.6 is 22.6 Å². The summed E-state index contributed by atoms with van der Waals surface area (Å²) in [5.74, 6) is -2.61. The van der Waals surface area contributed by atoms with E-state index in [1.807, 2.05) is 19.9 Å². The number of aliphatic hydroxyl groups excluding tert-OH is 2. The lowest BCUT2D eigenvalue weighted by molar-refractivity contribution is -0.370. The summed E-state index contributed by atoms with van der Waals surface area (Å²) in [5.41, 5.74) is 2.42. The van der Waals surface area contributed by atoms with Crippen LogP contribution in [-0.4, -0.2) is 74.6 Å². The Bertz CT molecular complexity index is 1430. The van der Waals surface area contributed by atoms with Gasteiger partial charge in [0.1, 0.15) is 5.60 Å². The number of Topliss-reactive ketones (excluding diaryl/α,β-unsaturated/α-hetero) is 1. The number of halogens is 1. The Morgan fingerprint density at radius 3 is 2.56 bits per heavy atom. The average molecular weight is 739 g/mol. The molecule has 0 radical (unpaired) electrons. The number of carbonyl (C=O) groups excluding carboxylic acids is 3. The van der Waals surface area contributed by atoms with E-state index in [1.54, 1.807) is 26.0 Å². The predicted molar refractivity (Wildman–Crippen MR) is 173 cm³/mol. The first-order valence-electron chi connectivity index (χ1n) is 15.2. The molecule has 1 aromatic rings. The van der Waals surface area contributed by atoms with Crippen molar-refractivity contribution in [1.82, 2.24) is 5.32 Å². The fourth-order valence-electron chi connectivity index (χ4n) is 8.17. The maximum atomic E-state index is 14.0. The molecule has 3 aliphatic rings. The van der Waals surface area contributed by atoms with Gasteiger partial charge in [-0.2, -0.15) is 0 Å². The van der Waals surface area contributed by atoms with Gasteiger partial charge in [0, 0.05) is 39.2 Å². The average Bonchev–Trinajstić information content (AvgIpc) is 2.96. The van der Waals surface area contributed by atoms with Crippen molar-refractivity contribution in [3.8, 4) is 0 Å². The molecule has 4 rings (SSSR count). The maximum Gasteiger partial charge on any atom is 0.306 e. The summed E-state index contributed by atoms with van der Waals surface area (Å²) < 4.78 is 13.1. The lowest BCUT2D eigenvalue weighted by atomic mass is 9.40. The highest BCUT2D eigenvalue weighted by Gasteiger charge is 2.81. The fourth-order valence-corrected chi connectivity index (χ4v) is 8.85. The molecular formula is C32H43IN4O8. The third-order valence-corrected chi connectivity index (χ3v) is 11.3. The normalized spacial score (nSPS) is 37.0. The van der Waals surface area contributed by atoms with Crippen LogP contribution in [-0.2, 0) is 30.3 Å². The van der Waals surface area contributed by atoms with Crippen LogP contribution < -0.4 is 5.32 Å².